The van der Waals surface area contributed by atoms with Gasteiger partial charge < -0.3 is 9.84 Å². The molecule has 0 saturated carbocycles. The zero-order valence-electron chi connectivity index (χ0n) is 11.2. The molecule has 1 N–H and O–H groups in total. The number of carboxylic acid groups (broad SMARTS) is 1. The lowest BCUT2D eigenvalue weighted by atomic mass is 10.2. The van der Waals surface area contributed by atoms with Crippen LogP contribution in [0.3, 0.4) is 0 Å². The van der Waals surface area contributed by atoms with Gasteiger partial charge in [-0.2, -0.15) is 0 Å². The normalized spacial score (nSPS) is 10.6. The van der Waals surface area contributed by atoms with Crippen LogP contribution < -0.4 is 10.3 Å². The Morgan fingerprint density at radius 2 is 1.85 bits per heavy atom. The Bertz CT molecular complexity index is 671. The second kappa shape index (κ2) is 5.61. The summed E-state index contributed by atoms with van der Waals surface area (Å²) in [7, 11) is 0. The van der Waals surface area contributed by atoms with Crippen molar-refractivity contribution in [2.75, 3.05) is 0 Å². The quantitative estimate of drug-likeness (QED) is 0.928. The van der Waals surface area contributed by atoms with Crippen molar-refractivity contribution in [2.24, 2.45) is 0 Å². The molecule has 0 bridgehead atoms. The number of ether oxygens (including phenoxy) is 1. The minimum Gasteiger partial charge on any atom is -0.491 e. The molecule has 0 spiro atoms. The van der Waals surface area contributed by atoms with E-state index in [-0.39, 0.29) is 11.7 Å². The molecule has 5 nitrogen and oxygen atoms in total. The number of aromatic nitrogens is 1. The summed E-state index contributed by atoms with van der Waals surface area (Å²) in [5, 5.41) is 8.95. The number of pyridine rings is 1. The molecule has 0 aliphatic heterocycles. The maximum Gasteiger partial charge on any atom is 0.341 e. The number of carboxylic acids is 1. The van der Waals surface area contributed by atoms with Crippen LogP contribution in [0.2, 0.25) is 0 Å². The Morgan fingerprint density at radius 1 is 1.20 bits per heavy atom. The lowest BCUT2D eigenvalue weighted by Gasteiger charge is -2.11. The lowest BCUT2D eigenvalue weighted by Crippen LogP contribution is -2.24. The molecule has 0 saturated heterocycles. The van der Waals surface area contributed by atoms with Crippen molar-refractivity contribution in [3.8, 4) is 11.4 Å². The van der Waals surface area contributed by atoms with E-state index >= 15 is 0 Å². The molecule has 1 aromatic carbocycles. The average molecular weight is 273 g/mol. The van der Waals surface area contributed by atoms with Gasteiger partial charge in [-0.25, -0.2) is 4.79 Å². The molecule has 2 aromatic rings. The molecule has 0 amide bonds. The molecule has 0 atom stereocenters. The van der Waals surface area contributed by atoms with Crippen LogP contribution in [0.4, 0.5) is 0 Å². The van der Waals surface area contributed by atoms with Crippen LogP contribution in [-0.2, 0) is 0 Å². The van der Waals surface area contributed by atoms with Crippen LogP contribution in [0.15, 0.2) is 47.4 Å². The Kier molecular flexibility index (Phi) is 3.89. The maximum absolute atomic E-state index is 12.0. The molecule has 2 rings (SSSR count). The molecule has 5 heteroatoms. The van der Waals surface area contributed by atoms with Gasteiger partial charge in [-0.05, 0) is 50.2 Å². The number of nitrogens with zero attached hydrogens (tertiary/aromatic N) is 1. The van der Waals surface area contributed by atoms with E-state index in [1.54, 1.807) is 24.3 Å². The predicted octanol–water partition coefficient (Wildman–Crippen LogP) is 2.32. The molecule has 0 unspecified atom stereocenters. The van der Waals surface area contributed by atoms with E-state index < -0.39 is 11.5 Å². The summed E-state index contributed by atoms with van der Waals surface area (Å²) in [6.45, 7) is 3.85. The average Bonchev–Trinajstić information content (AvgIpc) is 2.39. The van der Waals surface area contributed by atoms with Crippen molar-refractivity contribution in [3.63, 3.8) is 0 Å². The van der Waals surface area contributed by atoms with Crippen molar-refractivity contribution in [1.29, 1.82) is 0 Å². The van der Waals surface area contributed by atoms with Gasteiger partial charge in [0.2, 0.25) is 0 Å². The Morgan fingerprint density at radius 3 is 2.40 bits per heavy atom. The van der Waals surface area contributed by atoms with E-state index in [1.807, 2.05) is 13.8 Å². The fourth-order valence-corrected chi connectivity index (χ4v) is 1.82. The van der Waals surface area contributed by atoms with Crippen molar-refractivity contribution in [3.05, 3.63) is 58.5 Å². The molecule has 0 fully saturated rings. The Balaban J connectivity index is 2.40. The van der Waals surface area contributed by atoms with Crippen molar-refractivity contribution < 1.29 is 14.6 Å². The Hall–Kier alpha value is -2.56. The van der Waals surface area contributed by atoms with Crippen LogP contribution in [0.25, 0.3) is 5.69 Å². The lowest BCUT2D eigenvalue weighted by molar-refractivity contribution is 0.0694. The summed E-state index contributed by atoms with van der Waals surface area (Å²) in [5.41, 5.74) is -0.221. The number of rotatable bonds is 4. The number of carbonyl (C=O) groups is 1. The number of aromatic carboxylic acids is 1. The summed E-state index contributed by atoms with van der Waals surface area (Å²) in [6.07, 6.45) is 1.60. The smallest absolute Gasteiger partial charge is 0.341 e. The van der Waals surface area contributed by atoms with Gasteiger partial charge in [-0.1, -0.05) is 0 Å². The van der Waals surface area contributed by atoms with Gasteiger partial charge in [0.1, 0.15) is 11.3 Å². The van der Waals surface area contributed by atoms with E-state index in [4.69, 9.17) is 9.84 Å². The molecule has 20 heavy (non-hydrogen) atoms. The predicted molar refractivity (Wildman–Crippen MR) is 74.8 cm³/mol. The highest BCUT2D eigenvalue weighted by Gasteiger charge is 2.11. The highest BCUT2D eigenvalue weighted by Crippen LogP contribution is 2.15. The summed E-state index contributed by atoms with van der Waals surface area (Å²) < 4.78 is 6.81. The third-order valence-electron chi connectivity index (χ3n) is 2.66. The minimum absolute atomic E-state index is 0.0684. The standard InChI is InChI=1S/C15H15NO4/c1-10(2)20-12-7-5-11(6-8-12)16-9-3-4-13(14(16)17)15(18)19/h3-10H,1-2H3,(H,18,19). The molecule has 1 aromatic heterocycles. The summed E-state index contributed by atoms with van der Waals surface area (Å²) in [6, 6.07) is 9.74. The summed E-state index contributed by atoms with van der Waals surface area (Å²) in [4.78, 5) is 23.0. The van der Waals surface area contributed by atoms with E-state index in [0.29, 0.717) is 11.4 Å². The van der Waals surface area contributed by atoms with E-state index in [0.717, 1.165) is 0 Å². The molecule has 0 aliphatic carbocycles. The molecule has 0 radical (unpaired) electrons. The van der Waals surface area contributed by atoms with Gasteiger partial charge in [0.15, 0.2) is 0 Å². The number of hydrogen-bond donors (Lipinski definition) is 1. The van der Waals surface area contributed by atoms with E-state index in [9.17, 15) is 9.59 Å². The van der Waals surface area contributed by atoms with Crippen LogP contribution in [0, 0.1) is 0 Å². The van der Waals surface area contributed by atoms with Crippen LogP contribution in [0.1, 0.15) is 24.2 Å². The van der Waals surface area contributed by atoms with Crippen LogP contribution in [0.5, 0.6) is 5.75 Å². The second-order valence-corrected chi connectivity index (χ2v) is 4.56. The SMILES string of the molecule is CC(C)Oc1ccc(-n2cccc(C(=O)O)c2=O)cc1. The highest BCUT2D eigenvalue weighted by atomic mass is 16.5. The summed E-state index contributed by atoms with van der Waals surface area (Å²) in [5.74, 6) is -0.532. The van der Waals surface area contributed by atoms with Gasteiger partial charge in [0.05, 0.1) is 6.10 Å². The molecule has 0 aliphatic rings. The zero-order valence-corrected chi connectivity index (χ0v) is 11.2. The fourth-order valence-electron chi connectivity index (χ4n) is 1.82. The van der Waals surface area contributed by atoms with Crippen molar-refractivity contribution in [2.45, 2.75) is 20.0 Å². The zero-order chi connectivity index (χ0) is 14.7. The van der Waals surface area contributed by atoms with Crippen molar-refractivity contribution in [1.82, 2.24) is 4.57 Å². The molecular weight excluding hydrogens is 258 g/mol. The maximum atomic E-state index is 12.0. The number of benzene rings is 1. The van der Waals surface area contributed by atoms with Gasteiger partial charge >= 0.3 is 5.97 Å². The van der Waals surface area contributed by atoms with E-state index in [1.165, 1.54) is 22.9 Å². The van der Waals surface area contributed by atoms with Gasteiger partial charge in [0, 0.05) is 11.9 Å². The first kappa shape index (κ1) is 13.9. The molecular formula is C15H15NO4. The molecule has 104 valence electrons. The topological polar surface area (TPSA) is 68.5 Å². The highest BCUT2D eigenvalue weighted by molar-refractivity contribution is 5.87. The third kappa shape index (κ3) is 2.88. The van der Waals surface area contributed by atoms with Gasteiger partial charge in [-0.3, -0.25) is 9.36 Å². The third-order valence-corrected chi connectivity index (χ3v) is 2.66. The van der Waals surface area contributed by atoms with Gasteiger partial charge in [-0.15, -0.1) is 0 Å². The monoisotopic (exact) mass is 273 g/mol. The second-order valence-electron chi connectivity index (χ2n) is 4.56. The van der Waals surface area contributed by atoms with Crippen molar-refractivity contribution >= 4 is 5.97 Å². The van der Waals surface area contributed by atoms with E-state index in [2.05, 4.69) is 0 Å². The van der Waals surface area contributed by atoms with Crippen LogP contribution in [-0.4, -0.2) is 21.7 Å². The Labute approximate surface area is 116 Å². The minimum atomic E-state index is -1.23. The summed E-state index contributed by atoms with van der Waals surface area (Å²) >= 11 is 0. The first-order chi connectivity index (χ1) is 9.49. The van der Waals surface area contributed by atoms with Crippen LogP contribution >= 0.6 is 0 Å². The number of hydrogen-bond acceptors (Lipinski definition) is 3. The molecule has 1 heterocycles. The largest absolute Gasteiger partial charge is 0.491 e. The fraction of sp³-hybridized carbons (Fsp3) is 0.200. The first-order valence-corrected chi connectivity index (χ1v) is 6.21. The van der Waals surface area contributed by atoms with Gasteiger partial charge in [0.25, 0.3) is 5.56 Å². The first-order valence-electron chi connectivity index (χ1n) is 6.21.